The quantitative estimate of drug-likeness (QED) is 0.100. The molecule has 0 amide bonds. The summed E-state index contributed by atoms with van der Waals surface area (Å²) in [6.07, 6.45) is 0. The third-order valence-corrected chi connectivity index (χ3v) is 14.0. The molecule has 0 N–H and O–H groups in total. The fourth-order valence-electron chi connectivity index (χ4n) is 5.99. The van der Waals surface area contributed by atoms with Gasteiger partial charge >= 0.3 is 0 Å². The predicted molar refractivity (Wildman–Crippen MR) is 209 cm³/mol. The summed E-state index contributed by atoms with van der Waals surface area (Å²) in [6, 6.07) is 24.1. The highest BCUT2D eigenvalue weighted by Crippen LogP contribution is 2.32. The molecule has 0 heterocycles. The molecule has 276 valence electrons. The van der Waals surface area contributed by atoms with Gasteiger partial charge in [-0.25, -0.2) is 0 Å². The van der Waals surface area contributed by atoms with Crippen LogP contribution >= 0.6 is 0 Å². The Hall–Kier alpha value is -4.33. The first-order valence-electron chi connectivity index (χ1n) is 18.2. The molecule has 0 aliphatic carbocycles. The second-order valence-corrected chi connectivity index (χ2v) is 16.2. The Labute approximate surface area is 307 Å². The van der Waals surface area contributed by atoms with E-state index in [0.29, 0.717) is 98.9 Å². The standard InChI is InChI=1S/C40H54O9Si2/c1-9-41-29-21-17-25-33(37(29)45-13-5)50(34-26-18-22-30(42-10-2)38(34)46-14-6)49-51(35-27-19-23-31(43-11-3)39(35)47-15-7)36-28-20-24-32(44-12-4)40(36)48-16-8/h17-28,50-51H,9-16H2,1-8H3. The van der Waals surface area contributed by atoms with Crippen LogP contribution in [0.15, 0.2) is 72.8 Å². The van der Waals surface area contributed by atoms with E-state index in [1.807, 2.05) is 104 Å². The van der Waals surface area contributed by atoms with Gasteiger partial charge in [0.05, 0.1) is 52.9 Å². The van der Waals surface area contributed by atoms with Gasteiger partial charge in [-0.05, 0) is 79.7 Å². The number of ether oxygens (including phenoxy) is 8. The molecule has 0 aliphatic rings. The summed E-state index contributed by atoms with van der Waals surface area (Å²) in [5.41, 5.74) is 0. The first-order chi connectivity index (χ1) is 25.0. The summed E-state index contributed by atoms with van der Waals surface area (Å²) in [4.78, 5) is 0. The molecule has 4 aromatic rings. The molecule has 0 spiro atoms. The van der Waals surface area contributed by atoms with Crippen molar-refractivity contribution in [1.82, 2.24) is 0 Å². The summed E-state index contributed by atoms with van der Waals surface area (Å²) in [6.45, 7) is 19.5. The van der Waals surface area contributed by atoms with Crippen molar-refractivity contribution >= 4 is 38.8 Å². The fraction of sp³-hybridized carbons (Fsp3) is 0.400. The summed E-state index contributed by atoms with van der Waals surface area (Å²) in [5.74, 6) is 5.31. The van der Waals surface area contributed by atoms with Crippen LogP contribution in [0.2, 0.25) is 0 Å². The molecule has 0 fully saturated rings. The Balaban J connectivity index is 2.13. The molecule has 0 saturated heterocycles. The van der Waals surface area contributed by atoms with Crippen LogP contribution in [0.4, 0.5) is 0 Å². The van der Waals surface area contributed by atoms with Gasteiger partial charge < -0.3 is 42.0 Å². The lowest BCUT2D eigenvalue weighted by atomic mass is 10.3. The lowest BCUT2D eigenvalue weighted by Gasteiger charge is -2.30. The van der Waals surface area contributed by atoms with Gasteiger partial charge in [0, 0.05) is 20.7 Å². The largest absolute Gasteiger partial charge is 0.490 e. The molecule has 0 aromatic heterocycles. The summed E-state index contributed by atoms with van der Waals surface area (Å²) < 4.78 is 58.0. The minimum Gasteiger partial charge on any atom is -0.490 e. The van der Waals surface area contributed by atoms with Crippen LogP contribution in [0.25, 0.3) is 0 Å². The van der Waals surface area contributed by atoms with Gasteiger partial charge in [0.2, 0.25) is 18.1 Å². The van der Waals surface area contributed by atoms with Crippen molar-refractivity contribution in [3.05, 3.63) is 72.8 Å². The van der Waals surface area contributed by atoms with E-state index >= 15 is 0 Å². The van der Waals surface area contributed by atoms with Crippen molar-refractivity contribution in [2.45, 2.75) is 55.4 Å². The number of hydrogen-bond donors (Lipinski definition) is 0. The van der Waals surface area contributed by atoms with Crippen LogP contribution in [0.5, 0.6) is 46.0 Å². The first-order valence-corrected chi connectivity index (χ1v) is 21.5. The third kappa shape index (κ3) is 9.52. The molecule has 0 aliphatic heterocycles. The molecule has 0 atom stereocenters. The van der Waals surface area contributed by atoms with Crippen molar-refractivity contribution in [3.63, 3.8) is 0 Å². The summed E-state index contributed by atoms with van der Waals surface area (Å²) in [7, 11) is -5.56. The van der Waals surface area contributed by atoms with Gasteiger partial charge in [-0.3, -0.25) is 0 Å². The molecule has 4 aromatic carbocycles. The van der Waals surface area contributed by atoms with Crippen molar-refractivity contribution in [2.24, 2.45) is 0 Å². The smallest absolute Gasteiger partial charge is 0.236 e. The van der Waals surface area contributed by atoms with Gasteiger partial charge in [-0.15, -0.1) is 0 Å². The zero-order chi connectivity index (χ0) is 36.6. The normalized spacial score (nSPS) is 11.0. The van der Waals surface area contributed by atoms with Crippen molar-refractivity contribution < 1.29 is 42.0 Å². The average Bonchev–Trinajstić information content (AvgIpc) is 3.13. The highest BCUT2D eigenvalue weighted by atomic mass is 28.4. The Kier molecular flexibility index (Phi) is 15.9. The Morgan fingerprint density at radius 3 is 0.725 bits per heavy atom. The van der Waals surface area contributed by atoms with Gasteiger partial charge in [-0.2, -0.15) is 0 Å². The summed E-state index contributed by atoms with van der Waals surface area (Å²) >= 11 is 0. The second-order valence-electron chi connectivity index (χ2n) is 11.1. The third-order valence-electron chi connectivity index (χ3n) is 7.79. The highest BCUT2D eigenvalue weighted by Gasteiger charge is 2.36. The number of benzene rings is 4. The Morgan fingerprint density at radius 2 is 0.529 bits per heavy atom. The molecule has 0 unspecified atom stereocenters. The Bertz CT molecular complexity index is 1430. The van der Waals surface area contributed by atoms with E-state index in [4.69, 9.17) is 42.0 Å². The van der Waals surface area contributed by atoms with Gasteiger partial charge in [-0.1, -0.05) is 48.5 Å². The SMILES string of the molecule is CCOc1cccc([SiH](O[SiH](c2cccc(OCC)c2OCC)c2cccc(OCC)c2OCC)c2cccc(OCC)c2OCC)c1OCC. The predicted octanol–water partition coefficient (Wildman–Crippen LogP) is 5.27. The fourth-order valence-corrected chi connectivity index (χ4v) is 13.1. The molecule has 4 rings (SSSR count). The molecule has 9 nitrogen and oxygen atoms in total. The van der Waals surface area contributed by atoms with Gasteiger partial charge in [0.25, 0.3) is 0 Å². The van der Waals surface area contributed by atoms with Crippen LogP contribution in [0, 0.1) is 0 Å². The van der Waals surface area contributed by atoms with Crippen LogP contribution in [0.1, 0.15) is 55.4 Å². The van der Waals surface area contributed by atoms with E-state index in [0.717, 1.165) is 20.7 Å². The molecular weight excluding hydrogens is 681 g/mol. The molecule has 0 saturated carbocycles. The first kappa shape index (κ1) is 39.5. The van der Waals surface area contributed by atoms with Gasteiger partial charge in [0.15, 0.2) is 46.0 Å². The van der Waals surface area contributed by atoms with Crippen molar-refractivity contribution in [2.75, 3.05) is 52.9 Å². The lowest BCUT2D eigenvalue weighted by molar-refractivity contribution is 0.288. The monoisotopic (exact) mass is 734 g/mol. The minimum absolute atomic E-state index is 0.451. The molecular formula is C40H54O9Si2. The minimum atomic E-state index is -2.78. The zero-order valence-electron chi connectivity index (χ0n) is 31.4. The molecule has 51 heavy (non-hydrogen) atoms. The van der Waals surface area contributed by atoms with Crippen LogP contribution in [0.3, 0.4) is 0 Å². The molecule has 0 bridgehead atoms. The van der Waals surface area contributed by atoms with Crippen LogP contribution in [-0.2, 0) is 4.12 Å². The lowest BCUT2D eigenvalue weighted by Crippen LogP contribution is -2.57. The maximum atomic E-state index is 7.81. The average molecular weight is 735 g/mol. The van der Waals surface area contributed by atoms with Gasteiger partial charge in [0.1, 0.15) is 0 Å². The topological polar surface area (TPSA) is 83.1 Å². The highest BCUT2D eigenvalue weighted by molar-refractivity contribution is 6.93. The maximum absolute atomic E-state index is 7.81. The van der Waals surface area contributed by atoms with Crippen LogP contribution in [-0.4, -0.2) is 70.9 Å². The van der Waals surface area contributed by atoms with E-state index in [-0.39, 0.29) is 0 Å². The van der Waals surface area contributed by atoms with E-state index in [2.05, 4.69) is 24.3 Å². The van der Waals surface area contributed by atoms with Crippen molar-refractivity contribution in [3.8, 4) is 46.0 Å². The van der Waals surface area contributed by atoms with Crippen molar-refractivity contribution in [1.29, 1.82) is 0 Å². The molecule has 11 heteroatoms. The number of para-hydroxylation sites is 4. The van der Waals surface area contributed by atoms with E-state index in [9.17, 15) is 0 Å². The number of hydrogen-bond acceptors (Lipinski definition) is 9. The van der Waals surface area contributed by atoms with E-state index < -0.39 is 18.1 Å². The second kappa shape index (κ2) is 20.5. The van der Waals surface area contributed by atoms with Crippen LogP contribution < -0.4 is 58.6 Å². The zero-order valence-corrected chi connectivity index (χ0v) is 33.7. The maximum Gasteiger partial charge on any atom is 0.236 e. The van der Waals surface area contributed by atoms with E-state index in [1.165, 1.54) is 0 Å². The summed E-state index contributed by atoms with van der Waals surface area (Å²) in [5, 5.41) is 3.70. The molecule has 0 radical (unpaired) electrons. The Morgan fingerprint density at radius 1 is 0.314 bits per heavy atom. The van der Waals surface area contributed by atoms with E-state index in [1.54, 1.807) is 0 Å². The number of rotatable bonds is 22.